The molecule has 1 aromatic heterocycles. The molecule has 2 aliphatic rings. The zero-order valence-corrected chi connectivity index (χ0v) is 16.9. The number of hydrogen-bond donors (Lipinski definition) is 0. The first-order valence-corrected chi connectivity index (χ1v) is 9.99. The van der Waals surface area contributed by atoms with E-state index in [2.05, 4.69) is 9.88 Å². The molecule has 4 rings (SSSR count). The third-order valence-electron chi connectivity index (χ3n) is 6.35. The van der Waals surface area contributed by atoms with Crippen LogP contribution in [0.3, 0.4) is 0 Å². The van der Waals surface area contributed by atoms with Crippen molar-refractivity contribution in [2.75, 3.05) is 20.2 Å². The monoisotopic (exact) mass is 404 g/mol. The average Bonchev–Trinajstić information content (AvgIpc) is 3.02. The zero-order valence-electron chi connectivity index (χ0n) is 16.9. The number of carbonyl (C=O) groups excluding carboxylic acids is 1. The normalized spacial score (nSPS) is 27.6. The molecule has 7 heteroatoms. The predicted molar refractivity (Wildman–Crippen MR) is 105 cm³/mol. The Balaban J connectivity index is 1.73. The van der Waals surface area contributed by atoms with Crippen molar-refractivity contribution < 1.29 is 23.0 Å². The zero-order chi connectivity index (χ0) is 20.8. The molecule has 5 atom stereocenters. The van der Waals surface area contributed by atoms with Gasteiger partial charge in [-0.1, -0.05) is 0 Å². The Labute approximate surface area is 169 Å². The highest BCUT2D eigenvalue weighted by Gasteiger charge is 2.51. The molecule has 156 valence electrons. The number of nitrogens with zero attached hydrogens (tertiary/aromatic N) is 2. The van der Waals surface area contributed by atoms with Crippen molar-refractivity contribution in [1.29, 1.82) is 0 Å². The SMILES string of the molecule is COc1ccc2nccc([C@H](OC(C)=O)[C@H]3CC[C@@H]4CN3C[C@H]4C(C)(F)F)c2c1. The Kier molecular flexibility index (Phi) is 5.19. The second kappa shape index (κ2) is 7.52. The highest BCUT2D eigenvalue weighted by molar-refractivity contribution is 5.84. The molecule has 2 aliphatic heterocycles. The molecular weight excluding hydrogens is 378 g/mol. The van der Waals surface area contributed by atoms with Crippen LogP contribution < -0.4 is 4.74 Å². The lowest BCUT2D eigenvalue weighted by molar-refractivity contribution is -0.151. The molecule has 0 N–H and O–H groups in total. The van der Waals surface area contributed by atoms with E-state index in [1.54, 1.807) is 13.3 Å². The number of esters is 1. The van der Waals surface area contributed by atoms with Gasteiger partial charge in [0.2, 0.25) is 5.92 Å². The van der Waals surface area contributed by atoms with E-state index in [4.69, 9.17) is 9.47 Å². The minimum absolute atomic E-state index is 0.0153. The molecule has 0 amide bonds. The van der Waals surface area contributed by atoms with Gasteiger partial charge in [-0.05, 0) is 49.9 Å². The van der Waals surface area contributed by atoms with Gasteiger partial charge in [0.1, 0.15) is 11.9 Å². The van der Waals surface area contributed by atoms with Crippen LogP contribution in [-0.2, 0) is 9.53 Å². The number of benzene rings is 1. The molecule has 0 spiro atoms. The Morgan fingerprint density at radius 3 is 2.76 bits per heavy atom. The summed E-state index contributed by atoms with van der Waals surface area (Å²) >= 11 is 0. The topological polar surface area (TPSA) is 51.7 Å². The van der Waals surface area contributed by atoms with Gasteiger partial charge in [0.15, 0.2) is 0 Å². The molecule has 2 saturated heterocycles. The van der Waals surface area contributed by atoms with Crippen LogP contribution in [0, 0.1) is 11.8 Å². The Morgan fingerprint density at radius 2 is 2.07 bits per heavy atom. The smallest absolute Gasteiger partial charge is 0.303 e. The number of halogens is 2. The van der Waals surface area contributed by atoms with Crippen molar-refractivity contribution in [3.8, 4) is 5.75 Å². The Hall–Kier alpha value is -2.28. The average molecular weight is 404 g/mol. The van der Waals surface area contributed by atoms with Crippen LogP contribution >= 0.6 is 0 Å². The van der Waals surface area contributed by atoms with Gasteiger partial charge in [0.25, 0.3) is 0 Å². The van der Waals surface area contributed by atoms with Crippen molar-refractivity contribution in [3.05, 3.63) is 36.0 Å². The van der Waals surface area contributed by atoms with Gasteiger partial charge in [-0.3, -0.25) is 14.7 Å². The number of hydrogen-bond acceptors (Lipinski definition) is 5. The van der Waals surface area contributed by atoms with Gasteiger partial charge < -0.3 is 9.47 Å². The molecule has 0 radical (unpaired) electrons. The van der Waals surface area contributed by atoms with Gasteiger partial charge in [-0.25, -0.2) is 8.78 Å². The molecule has 3 heterocycles. The maximum atomic E-state index is 14.1. The maximum Gasteiger partial charge on any atom is 0.303 e. The fourth-order valence-electron chi connectivity index (χ4n) is 5.00. The van der Waals surface area contributed by atoms with E-state index in [0.29, 0.717) is 31.7 Å². The minimum Gasteiger partial charge on any atom is -0.497 e. The number of piperidine rings is 1. The quantitative estimate of drug-likeness (QED) is 0.699. The summed E-state index contributed by atoms with van der Waals surface area (Å²) in [6.45, 7) is 3.34. The van der Waals surface area contributed by atoms with Gasteiger partial charge in [-0.2, -0.15) is 0 Å². The van der Waals surface area contributed by atoms with E-state index in [0.717, 1.165) is 23.4 Å². The summed E-state index contributed by atoms with van der Waals surface area (Å²) in [5.74, 6) is -3.08. The first-order chi connectivity index (χ1) is 13.8. The first-order valence-electron chi connectivity index (χ1n) is 9.99. The highest BCUT2D eigenvalue weighted by atomic mass is 19.3. The molecule has 0 aliphatic carbocycles. The second-order valence-electron chi connectivity index (χ2n) is 8.23. The number of aromatic nitrogens is 1. The van der Waals surface area contributed by atoms with E-state index in [-0.39, 0.29) is 17.9 Å². The number of carbonyl (C=O) groups is 1. The molecular formula is C22H26F2N2O3. The van der Waals surface area contributed by atoms with Gasteiger partial charge >= 0.3 is 5.97 Å². The van der Waals surface area contributed by atoms with Crippen LogP contribution in [-0.4, -0.2) is 48.0 Å². The molecule has 2 fully saturated rings. The summed E-state index contributed by atoms with van der Waals surface area (Å²) in [5.41, 5.74) is 1.60. The Morgan fingerprint density at radius 1 is 1.28 bits per heavy atom. The summed E-state index contributed by atoms with van der Waals surface area (Å²) in [6, 6.07) is 7.29. The van der Waals surface area contributed by atoms with E-state index in [1.807, 2.05) is 24.3 Å². The van der Waals surface area contributed by atoms with E-state index >= 15 is 0 Å². The lowest BCUT2D eigenvalue weighted by Crippen LogP contribution is -2.42. The standard InChI is InChI=1S/C22H26F2N2O3/c1-13(27)29-21(16-8-9-25-19-6-5-15(28-3)10-17(16)19)20-7-4-14-11-26(20)12-18(14)22(2,23)24/h5-6,8-10,14,18,20-21H,4,7,11-12H2,1-3H3/t14-,18-,20-,21+/m1/s1. The molecule has 0 saturated carbocycles. The lowest BCUT2D eigenvalue weighted by atomic mass is 9.84. The van der Waals surface area contributed by atoms with Gasteiger partial charge in [-0.15, -0.1) is 0 Å². The number of fused-ring (bicyclic) bond motifs is 3. The van der Waals surface area contributed by atoms with Crippen molar-refractivity contribution in [1.82, 2.24) is 9.88 Å². The molecule has 1 aromatic carbocycles. The third kappa shape index (κ3) is 3.80. The third-order valence-corrected chi connectivity index (χ3v) is 6.35. The summed E-state index contributed by atoms with van der Waals surface area (Å²) in [4.78, 5) is 18.4. The number of pyridine rings is 1. The molecule has 2 bridgehead atoms. The number of alkyl halides is 2. The van der Waals surface area contributed by atoms with Gasteiger partial charge in [0.05, 0.1) is 18.7 Å². The van der Waals surface area contributed by atoms with Crippen molar-refractivity contribution in [2.45, 2.75) is 44.8 Å². The maximum absolute atomic E-state index is 14.1. The highest BCUT2D eigenvalue weighted by Crippen LogP contribution is 2.46. The van der Waals surface area contributed by atoms with Crippen molar-refractivity contribution in [3.63, 3.8) is 0 Å². The number of methoxy groups -OCH3 is 1. The fourth-order valence-corrected chi connectivity index (χ4v) is 5.00. The van der Waals surface area contributed by atoms with Crippen molar-refractivity contribution >= 4 is 16.9 Å². The lowest BCUT2D eigenvalue weighted by Gasteiger charge is -2.37. The van der Waals surface area contributed by atoms with Crippen LogP contribution in [0.1, 0.15) is 38.4 Å². The predicted octanol–water partition coefficient (Wildman–Crippen LogP) is 4.21. The molecule has 5 nitrogen and oxygen atoms in total. The van der Waals surface area contributed by atoms with Crippen LogP contribution in [0.15, 0.2) is 30.5 Å². The number of rotatable bonds is 5. The van der Waals surface area contributed by atoms with Crippen LogP contribution in [0.4, 0.5) is 8.78 Å². The minimum atomic E-state index is -2.71. The van der Waals surface area contributed by atoms with E-state index in [1.165, 1.54) is 6.92 Å². The summed E-state index contributed by atoms with van der Waals surface area (Å²) in [6.07, 6.45) is 2.57. The summed E-state index contributed by atoms with van der Waals surface area (Å²) in [7, 11) is 1.59. The summed E-state index contributed by atoms with van der Waals surface area (Å²) < 4.78 is 39.3. The summed E-state index contributed by atoms with van der Waals surface area (Å²) in [5, 5.41) is 0.844. The largest absolute Gasteiger partial charge is 0.497 e. The first kappa shape index (κ1) is 20.0. The molecule has 1 unspecified atom stereocenters. The van der Waals surface area contributed by atoms with Crippen LogP contribution in [0.5, 0.6) is 5.75 Å². The van der Waals surface area contributed by atoms with Crippen LogP contribution in [0.25, 0.3) is 10.9 Å². The van der Waals surface area contributed by atoms with E-state index in [9.17, 15) is 13.6 Å². The molecule has 2 aromatic rings. The van der Waals surface area contributed by atoms with Gasteiger partial charge in [0, 0.05) is 43.1 Å². The number of ether oxygens (including phenoxy) is 2. The Bertz CT molecular complexity index is 915. The second-order valence-corrected chi connectivity index (χ2v) is 8.23. The fraction of sp³-hybridized carbons (Fsp3) is 0.545. The van der Waals surface area contributed by atoms with Crippen molar-refractivity contribution in [2.24, 2.45) is 11.8 Å². The van der Waals surface area contributed by atoms with Crippen LogP contribution in [0.2, 0.25) is 0 Å². The van der Waals surface area contributed by atoms with E-state index < -0.39 is 17.9 Å². The molecule has 29 heavy (non-hydrogen) atoms.